The van der Waals surface area contributed by atoms with Crippen LogP contribution in [0.4, 0.5) is 5.95 Å². The van der Waals surface area contributed by atoms with Crippen molar-refractivity contribution < 1.29 is 14.3 Å². The molecule has 2 aromatic rings. The van der Waals surface area contributed by atoms with Crippen molar-refractivity contribution in [2.24, 2.45) is 7.05 Å². The second-order valence-corrected chi connectivity index (χ2v) is 5.42. The number of aromatic nitrogens is 4. The summed E-state index contributed by atoms with van der Waals surface area (Å²) in [5.41, 5.74) is 0.586. The standard InChI is InChI=1S/C15H20N6O3/c1-19-10-16-9-11(19)14(22)20-4-6-21(7-5-20)15-17-12(23-2)8-13(18-15)24-3/h8-10H,4-7H2,1-3H3. The number of methoxy groups -OCH3 is 2. The summed E-state index contributed by atoms with van der Waals surface area (Å²) in [5, 5.41) is 0. The minimum absolute atomic E-state index is 0.0150. The number of imidazole rings is 1. The first-order valence-corrected chi connectivity index (χ1v) is 7.60. The number of ether oxygens (including phenoxy) is 2. The highest BCUT2D eigenvalue weighted by Gasteiger charge is 2.25. The average Bonchev–Trinajstić information content (AvgIpc) is 3.06. The van der Waals surface area contributed by atoms with Crippen LogP contribution in [0, 0.1) is 0 Å². The maximum atomic E-state index is 12.5. The summed E-state index contributed by atoms with van der Waals surface area (Å²) in [6.45, 7) is 2.46. The second kappa shape index (κ2) is 6.73. The van der Waals surface area contributed by atoms with Gasteiger partial charge in [0.15, 0.2) is 0 Å². The van der Waals surface area contributed by atoms with Crippen molar-refractivity contribution in [3.63, 3.8) is 0 Å². The highest BCUT2D eigenvalue weighted by molar-refractivity contribution is 5.92. The number of carbonyl (C=O) groups is 1. The predicted octanol–water partition coefficient (Wildman–Crippen LogP) is 0.190. The minimum Gasteiger partial charge on any atom is -0.481 e. The van der Waals surface area contributed by atoms with Crippen LogP contribution < -0.4 is 14.4 Å². The fourth-order valence-electron chi connectivity index (χ4n) is 2.58. The molecule has 0 atom stereocenters. The van der Waals surface area contributed by atoms with Gasteiger partial charge in [-0.2, -0.15) is 9.97 Å². The van der Waals surface area contributed by atoms with Crippen molar-refractivity contribution in [3.05, 3.63) is 24.3 Å². The second-order valence-electron chi connectivity index (χ2n) is 5.42. The van der Waals surface area contributed by atoms with Crippen LogP contribution in [0.5, 0.6) is 11.8 Å². The van der Waals surface area contributed by atoms with Gasteiger partial charge in [-0.1, -0.05) is 0 Å². The van der Waals surface area contributed by atoms with Crippen molar-refractivity contribution >= 4 is 11.9 Å². The van der Waals surface area contributed by atoms with Crippen LogP contribution >= 0.6 is 0 Å². The third-order valence-corrected chi connectivity index (χ3v) is 3.97. The van der Waals surface area contributed by atoms with Gasteiger partial charge in [-0.05, 0) is 0 Å². The molecule has 1 amide bonds. The van der Waals surface area contributed by atoms with Gasteiger partial charge in [0.2, 0.25) is 17.7 Å². The Labute approximate surface area is 139 Å². The quantitative estimate of drug-likeness (QED) is 0.790. The number of amides is 1. The molecule has 3 rings (SSSR count). The number of piperazine rings is 1. The molecule has 24 heavy (non-hydrogen) atoms. The largest absolute Gasteiger partial charge is 0.481 e. The average molecular weight is 332 g/mol. The van der Waals surface area contributed by atoms with Crippen molar-refractivity contribution in [3.8, 4) is 11.8 Å². The van der Waals surface area contributed by atoms with Crippen LogP contribution in [0.15, 0.2) is 18.6 Å². The summed E-state index contributed by atoms with van der Waals surface area (Å²) in [6, 6.07) is 1.63. The smallest absolute Gasteiger partial charge is 0.272 e. The predicted molar refractivity (Wildman–Crippen MR) is 86.5 cm³/mol. The van der Waals surface area contributed by atoms with Crippen LogP contribution in [-0.2, 0) is 7.05 Å². The van der Waals surface area contributed by atoms with Gasteiger partial charge in [-0.3, -0.25) is 4.79 Å². The molecule has 0 spiro atoms. The van der Waals surface area contributed by atoms with E-state index in [4.69, 9.17) is 9.47 Å². The fourth-order valence-corrected chi connectivity index (χ4v) is 2.58. The van der Waals surface area contributed by atoms with Crippen molar-refractivity contribution in [2.75, 3.05) is 45.3 Å². The molecule has 9 heteroatoms. The van der Waals surface area contributed by atoms with Crippen LogP contribution in [0.25, 0.3) is 0 Å². The Morgan fingerprint density at radius 2 is 1.71 bits per heavy atom. The van der Waals surface area contributed by atoms with Crippen LogP contribution in [-0.4, -0.2) is 70.7 Å². The van der Waals surface area contributed by atoms with Gasteiger partial charge < -0.3 is 23.8 Å². The SMILES string of the molecule is COc1cc(OC)nc(N2CCN(C(=O)c3cncn3C)CC2)n1. The van der Waals surface area contributed by atoms with Crippen molar-refractivity contribution in [2.45, 2.75) is 0 Å². The topological polar surface area (TPSA) is 85.6 Å². The normalized spacial score (nSPS) is 14.6. The minimum atomic E-state index is -0.0150. The molecule has 9 nitrogen and oxygen atoms in total. The molecule has 3 heterocycles. The number of hydrogen-bond acceptors (Lipinski definition) is 7. The number of nitrogens with zero attached hydrogens (tertiary/aromatic N) is 6. The summed E-state index contributed by atoms with van der Waals surface area (Å²) in [5.74, 6) is 1.42. The Morgan fingerprint density at radius 1 is 1.08 bits per heavy atom. The number of rotatable bonds is 4. The van der Waals surface area contributed by atoms with E-state index in [0.717, 1.165) is 0 Å². The third-order valence-electron chi connectivity index (χ3n) is 3.97. The fraction of sp³-hybridized carbons (Fsp3) is 0.467. The van der Waals surface area contributed by atoms with Gasteiger partial charge in [0, 0.05) is 33.2 Å². The molecular formula is C15H20N6O3. The lowest BCUT2D eigenvalue weighted by Gasteiger charge is -2.34. The monoisotopic (exact) mass is 332 g/mol. The number of aryl methyl sites for hydroxylation is 1. The molecule has 128 valence electrons. The Hall–Kier alpha value is -2.84. The summed E-state index contributed by atoms with van der Waals surface area (Å²) in [6.07, 6.45) is 3.21. The molecule has 1 aliphatic rings. The van der Waals surface area contributed by atoms with Gasteiger partial charge in [-0.25, -0.2) is 4.98 Å². The maximum absolute atomic E-state index is 12.5. The molecule has 0 N–H and O–H groups in total. The maximum Gasteiger partial charge on any atom is 0.272 e. The van der Waals surface area contributed by atoms with Gasteiger partial charge in [-0.15, -0.1) is 0 Å². The molecule has 1 aliphatic heterocycles. The van der Waals surface area contributed by atoms with E-state index in [-0.39, 0.29) is 5.91 Å². The molecular weight excluding hydrogens is 312 g/mol. The van der Waals surface area contributed by atoms with Gasteiger partial charge >= 0.3 is 0 Å². The molecule has 0 aromatic carbocycles. The molecule has 0 aliphatic carbocycles. The first-order chi connectivity index (χ1) is 11.6. The lowest BCUT2D eigenvalue weighted by atomic mass is 10.3. The van der Waals surface area contributed by atoms with E-state index in [1.807, 2.05) is 16.8 Å². The first-order valence-electron chi connectivity index (χ1n) is 7.60. The number of anilines is 1. The van der Waals surface area contributed by atoms with E-state index >= 15 is 0 Å². The van der Waals surface area contributed by atoms with E-state index in [1.165, 1.54) is 0 Å². The molecule has 0 radical (unpaired) electrons. The van der Waals surface area contributed by atoms with Crippen LogP contribution in [0.3, 0.4) is 0 Å². The summed E-state index contributed by atoms with van der Waals surface area (Å²) in [4.78, 5) is 29.0. The van der Waals surface area contributed by atoms with Gasteiger partial charge in [0.05, 0.1) is 32.8 Å². The third kappa shape index (κ3) is 3.10. The summed E-state index contributed by atoms with van der Waals surface area (Å²) < 4.78 is 12.1. The molecule has 0 saturated carbocycles. The van der Waals surface area contributed by atoms with Crippen molar-refractivity contribution in [1.82, 2.24) is 24.4 Å². The highest BCUT2D eigenvalue weighted by Crippen LogP contribution is 2.21. The van der Waals surface area contributed by atoms with E-state index in [2.05, 4.69) is 15.0 Å². The zero-order valence-corrected chi connectivity index (χ0v) is 14.0. The summed E-state index contributed by atoms with van der Waals surface area (Å²) >= 11 is 0. The zero-order chi connectivity index (χ0) is 17.1. The van der Waals surface area contributed by atoms with Crippen LogP contribution in [0.1, 0.15) is 10.5 Å². The Bertz CT molecular complexity index is 701. The van der Waals surface area contributed by atoms with Gasteiger partial charge in [0.1, 0.15) is 5.69 Å². The van der Waals surface area contributed by atoms with E-state index in [1.54, 1.807) is 37.4 Å². The Kier molecular flexibility index (Phi) is 4.50. The Morgan fingerprint density at radius 3 is 2.21 bits per heavy atom. The zero-order valence-electron chi connectivity index (χ0n) is 14.0. The van der Waals surface area contributed by atoms with E-state index < -0.39 is 0 Å². The molecule has 1 saturated heterocycles. The number of hydrogen-bond donors (Lipinski definition) is 0. The lowest BCUT2D eigenvalue weighted by Crippen LogP contribution is -2.49. The molecule has 2 aromatic heterocycles. The van der Waals surface area contributed by atoms with Gasteiger partial charge in [0.25, 0.3) is 5.91 Å². The molecule has 0 unspecified atom stereocenters. The van der Waals surface area contributed by atoms with Crippen LogP contribution in [0.2, 0.25) is 0 Å². The van der Waals surface area contributed by atoms with Crippen molar-refractivity contribution in [1.29, 1.82) is 0 Å². The Balaban J connectivity index is 1.69. The first kappa shape index (κ1) is 16.0. The molecule has 1 fully saturated rings. The number of carbonyl (C=O) groups excluding carboxylic acids is 1. The lowest BCUT2D eigenvalue weighted by molar-refractivity contribution is 0.0736. The summed E-state index contributed by atoms with van der Waals surface area (Å²) in [7, 11) is 4.92. The molecule has 0 bridgehead atoms. The highest BCUT2D eigenvalue weighted by atomic mass is 16.5. The van der Waals surface area contributed by atoms with E-state index in [0.29, 0.717) is 49.6 Å². The van der Waals surface area contributed by atoms with E-state index in [9.17, 15) is 4.79 Å².